The summed E-state index contributed by atoms with van der Waals surface area (Å²) in [5, 5.41) is 0. The molecule has 14 heavy (non-hydrogen) atoms. The van der Waals surface area contributed by atoms with Gasteiger partial charge in [-0.15, -0.1) is 0 Å². The standard InChI is InChI=1S/C11H17N3/c12-11-2-1-7-14(9-11)8-10-3-5-13-6-4-10/h3-6,11H,1-2,7-9,12H2/t11-/m1/s1. The molecule has 3 nitrogen and oxygen atoms in total. The smallest absolute Gasteiger partial charge is 0.0271 e. The van der Waals surface area contributed by atoms with Crippen LogP contribution in [0.4, 0.5) is 0 Å². The van der Waals surface area contributed by atoms with Crippen molar-refractivity contribution in [3.8, 4) is 0 Å². The molecule has 0 radical (unpaired) electrons. The molecular weight excluding hydrogens is 174 g/mol. The van der Waals surface area contributed by atoms with Crippen molar-refractivity contribution in [1.29, 1.82) is 0 Å². The Kier molecular flexibility index (Phi) is 3.11. The lowest BCUT2D eigenvalue weighted by Crippen LogP contribution is -2.42. The maximum atomic E-state index is 5.92. The van der Waals surface area contributed by atoms with Gasteiger partial charge in [0.15, 0.2) is 0 Å². The molecule has 2 N–H and O–H groups in total. The van der Waals surface area contributed by atoms with Gasteiger partial charge in [-0.3, -0.25) is 9.88 Å². The average molecular weight is 191 g/mol. The summed E-state index contributed by atoms with van der Waals surface area (Å²) < 4.78 is 0. The second kappa shape index (κ2) is 4.53. The molecule has 1 aliphatic rings. The summed E-state index contributed by atoms with van der Waals surface area (Å²) in [6.45, 7) is 3.22. The summed E-state index contributed by atoms with van der Waals surface area (Å²) in [6, 6.07) is 4.51. The third-order valence-electron chi connectivity index (χ3n) is 2.70. The van der Waals surface area contributed by atoms with Gasteiger partial charge < -0.3 is 5.73 Å². The minimum absolute atomic E-state index is 0.366. The van der Waals surface area contributed by atoms with Crippen LogP contribution in [0.1, 0.15) is 18.4 Å². The summed E-state index contributed by atoms with van der Waals surface area (Å²) >= 11 is 0. The molecule has 1 aromatic rings. The lowest BCUT2D eigenvalue weighted by Gasteiger charge is -2.30. The lowest BCUT2D eigenvalue weighted by molar-refractivity contribution is 0.201. The number of hydrogen-bond acceptors (Lipinski definition) is 3. The van der Waals surface area contributed by atoms with Crippen molar-refractivity contribution in [2.24, 2.45) is 5.73 Å². The molecule has 0 aliphatic carbocycles. The van der Waals surface area contributed by atoms with E-state index in [1.807, 2.05) is 12.4 Å². The molecule has 76 valence electrons. The predicted octanol–water partition coefficient (Wildman–Crippen LogP) is 1.00. The Hall–Kier alpha value is -0.930. The van der Waals surface area contributed by atoms with Gasteiger partial charge in [0.2, 0.25) is 0 Å². The topological polar surface area (TPSA) is 42.1 Å². The Morgan fingerprint density at radius 3 is 2.93 bits per heavy atom. The largest absolute Gasteiger partial charge is 0.327 e. The van der Waals surface area contributed by atoms with Gasteiger partial charge in [0.1, 0.15) is 0 Å². The first kappa shape index (κ1) is 9.62. The number of nitrogens with two attached hydrogens (primary N) is 1. The molecule has 1 fully saturated rings. The Morgan fingerprint density at radius 2 is 2.21 bits per heavy atom. The van der Waals surface area contributed by atoms with E-state index in [1.165, 1.54) is 24.9 Å². The highest BCUT2D eigenvalue weighted by Gasteiger charge is 2.16. The number of piperidine rings is 1. The first-order valence-corrected chi connectivity index (χ1v) is 5.21. The minimum atomic E-state index is 0.366. The predicted molar refractivity (Wildman–Crippen MR) is 56.7 cm³/mol. The summed E-state index contributed by atoms with van der Waals surface area (Å²) in [4.78, 5) is 6.43. The van der Waals surface area contributed by atoms with Crippen LogP contribution in [0, 0.1) is 0 Å². The second-order valence-electron chi connectivity index (χ2n) is 3.99. The van der Waals surface area contributed by atoms with Crippen molar-refractivity contribution in [1.82, 2.24) is 9.88 Å². The van der Waals surface area contributed by atoms with Crippen LogP contribution in [0.2, 0.25) is 0 Å². The van der Waals surface area contributed by atoms with E-state index in [2.05, 4.69) is 22.0 Å². The van der Waals surface area contributed by atoms with E-state index < -0.39 is 0 Å². The fourth-order valence-electron chi connectivity index (χ4n) is 1.98. The van der Waals surface area contributed by atoms with Crippen LogP contribution in [0.15, 0.2) is 24.5 Å². The number of likely N-dealkylation sites (tertiary alicyclic amines) is 1. The second-order valence-corrected chi connectivity index (χ2v) is 3.99. The van der Waals surface area contributed by atoms with Crippen LogP contribution in [-0.2, 0) is 6.54 Å². The van der Waals surface area contributed by atoms with E-state index in [9.17, 15) is 0 Å². The van der Waals surface area contributed by atoms with Crippen LogP contribution in [0.25, 0.3) is 0 Å². The van der Waals surface area contributed by atoms with Gasteiger partial charge in [0, 0.05) is 31.5 Å². The third-order valence-corrected chi connectivity index (χ3v) is 2.70. The van der Waals surface area contributed by atoms with E-state index in [0.29, 0.717) is 6.04 Å². The van der Waals surface area contributed by atoms with Crippen molar-refractivity contribution in [2.75, 3.05) is 13.1 Å². The highest BCUT2D eigenvalue weighted by atomic mass is 15.1. The SMILES string of the molecule is N[C@@H]1CCCN(Cc2ccncc2)C1. The molecule has 0 saturated carbocycles. The number of nitrogens with zero attached hydrogens (tertiary/aromatic N) is 2. The molecule has 2 rings (SSSR count). The number of rotatable bonds is 2. The van der Waals surface area contributed by atoms with Crippen molar-refractivity contribution >= 4 is 0 Å². The van der Waals surface area contributed by atoms with Gasteiger partial charge in [0.05, 0.1) is 0 Å². The van der Waals surface area contributed by atoms with Gasteiger partial charge in [-0.2, -0.15) is 0 Å². The van der Waals surface area contributed by atoms with Crippen LogP contribution in [0.3, 0.4) is 0 Å². The minimum Gasteiger partial charge on any atom is -0.327 e. The van der Waals surface area contributed by atoms with Crippen LogP contribution < -0.4 is 5.73 Å². The third kappa shape index (κ3) is 2.53. The van der Waals surface area contributed by atoms with Crippen molar-refractivity contribution < 1.29 is 0 Å². The summed E-state index contributed by atoms with van der Waals surface area (Å²) in [5.74, 6) is 0. The Morgan fingerprint density at radius 1 is 1.43 bits per heavy atom. The highest BCUT2D eigenvalue weighted by molar-refractivity contribution is 5.09. The monoisotopic (exact) mass is 191 g/mol. The molecule has 0 amide bonds. The summed E-state index contributed by atoms with van der Waals surface area (Å²) in [6.07, 6.45) is 6.09. The fourth-order valence-corrected chi connectivity index (χ4v) is 1.98. The van der Waals surface area contributed by atoms with Crippen LogP contribution in [-0.4, -0.2) is 29.0 Å². The van der Waals surface area contributed by atoms with E-state index in [-0.39, 0.29) is 0 Å². The summed E-state index contributed by atoms with van der Waals surface area (Å²) in [5.41, 5.74) is 7.25. The Bertz CT molecular complexity index is 273. The van der Waals surface area contributed by atoms with Crippen molar-refractivity contribution in [2.45, 2.75) is 25.4 Å². The van der Waals surface area contributed by atoms with Gasteiger partial charge >= 0.3 is 0 Å². The average Bonchev–Trinajstić information content (AvgIpc) is 2.19. The first-order valence-electron chi connectivity index (χ1n) is 5.21. The Labute approximate surface area is 84.9 Å². The molecule has 2 heterocycles. The van der Waals surface area contributed by atoms with E-state index in [4.69, 9.17) is 5.73 Å². The number of hydrogen-bond donors (Lipinski definition) is 1. The van der Waals surface area contributed by atoms with Gasteiger partial charge in [-0.1, -0.05) is 0 Å². The zero-order valence-electron chi connectivity index (χ0n) is 8.39. The molecule has 1 aromatic heterocycles. The summed E-state index contributed by atoms with van der Waals surface area (Å²) in [7, 11) is 0. The van der Waals surface area contributed by atoms with Gasteiger partial charge in [0.25, 0.3) is 0 Å². The lowest BCUT2D eigenvalue weighted by atomic mass is 10.1. The molecule has 1 aliphatic heterocycles. The van der Waals surface area contributed by atoms with E-state index in [0.717, 1.165) is 13.1 Å². The van der Waals surface area contributed by atoms with Gasteiger partial charge in [-0.05, 0) is 37.1 Å². The zero-order chi connectivity index (χ0) is 9.80. The molecular formula is C11H17N3. The highest BCUT2D eigenvalue weighted by Crippen LogP contribution is 2.11. The first-order chi connectivity index (χ1) is 6.84. The number of aromatic nitrogens is 1. The van der Waals surface area contributed by atoms with Crippen molar-refractivity contribution in [3.05, 3.63) is 30.1 Å². The van der Waals surface area contributed by atoms with Gasteiger partial charge in [-0.25, -0.2) is 0 Å². The molecule has 0 unspecified atom stereocenters. The van der Waals surface area contributed by atoms with Crippen LogP contribution in [0.5, 0.6) is 0 Å². The molecule has 1 saturated heterocycles. The quantitative estimate of drug-likeness (QED) is 0.758. The zero-order valence-corrected chi connectivity index (χ0v) is 8.39. The molecule has 0 bridgehead atoms. The fraction of sp³-hybridized carbons (Fsp3) is 0.545. The van der Waals surface area contributed by atoms with E-state index in [1.54, 1.807) is 0 Å². The maximum Gasteiger partial charge on any atom is 0.0271 e. The molecule has 1 atom stereocenters. The maximum absolute atomic E-state index is 5.92. The van der Waals surface area contributed by atoms with E-state index >= 15 is 0 Å². The molecule has 3 heteroatoms. The normalized spacial score (nSPS) is 23.6. The number of pyridine rings is 1. The van der Waals surface area contributed by atoms with Crippen molar-refractivity contribution in [3.63, 3.8) is 0 Å². The Balaban J connectivity index is 1.91. The molecule has 0 spiro atoms. The van der Waals surface area contributed by atoms with Crippen LogP contribution >= 0.6 is 0 Å². The molecule has 0 aromatic carbocycles.